The molecule has 178 valence electrons. The predicted molar refractivity (Wildman–Crippen MR) is 132 cm³/mol. The van der Waals surface area contributed by atoms with E-state index in [1.165, 1.54) is 29.0 Å². The number of carboxylic acid groups (broad SMARTS) is 1. The van der Waals surface area contributed by atoms with E-state index < -0.39 is 6.09 Å². The van der Waals surface area contributed by atoms with E-state index in [1.54, 1.807) is 23.2 Å². The smallest absolute Gasteiger partial charge is 0.408 e. The van der Waals surface area contributed by atoms with Gasteiger partial charge in [0.1, 0.15) is 5.01 Å². The Hall–Kier alpha value is -2.45. The average Bonchev–Trinajstić information content (AvgIpc) is 3.22. The number of fused-ring (bicyclic) bond motifs is 1. The van der Waals surface area contributed by atoms with Crippen molar-refractivity contribution < 1.29 is 14.7 Å². The summed E-state index contributed by atoms with van der Waals surface area (Å²) in [6, 6.07) is 5.45. The largest absolute Gasteiger partial charge is 0.465 e. The highest BCUT2D eigenvalue weighted by molar-refractivity contribution is 7.15. The number of aromatic nitrogens is 1. The molecule has 0 spiro atoms. The Morgan fingerprint density at radius 2 is 1.97 bits per heavy atom. The van der Waals surface area contributed by atoms with Crippen molar-refractivity contribution in [1.82, 2.24) is 14.8 Å². The van der Waals surface area contributed by atoms with Crippen LogP contribution in [-0.4, -0.2) is 57.1 Å². The molecule has 4 rings (SSSR count). The number of rotatable bonds is 5. The van der Waals surface area contributed by atoms with Gasteiger partial charge in [0.15, 0.2) is 0 Å². The maximum absolute atomic E-state index is 12.4. The van der Waals surface area contributed by atoms with Crippen LogP contribution in [0.5, 0.6) is 0 Å². The SMILES string of the molecule is CC(=O)N1c2ccc(-c3ncc(CN4CCCCC4)s3)cc2[C@H](N(C(=O)O)C(C)C)C[C@@H]1C. The summed E-state index contributed by atoms with van der Waals surface area (Å²) in [6.45, 7) is 10.6. The molecule has 1 aromatic heterocycles. The summed E-state index contributed by atoms with van der Waals surface area (Å²) in [5.41, 5.74) is 2.65. The zero-order valence-corrected chi connectivity index (χ0v) is 20.8. The van der Waals surface area contributed by atoms with Gasteiger partial charge in [-0.05, 0) is 76.9 Å². The minimum absolute atomic E-state index is 0.0283. The molecule has 33 heavy (non-hydrogen) atoms. The number of carbonyl (C=O) groups is 2. The molecule has 2 amide bonds. The predicted octanol–water partition coefficient (Wildman–Crippen LogP) is 5.37. The third-order valence-corrected chi connectivity index (χ3v) is 7.76. The van der Waals surface area contributed by atoms with Gasteiger partial charge in [0.25, 0.3) is 0 Å². The first-order valence-electron chi connectivity index (χ1n) is 11.9. The fourth-order valence-corrected chi connectivity index (χ4v) is 6.23. The quantitative estimate of drug-likeness (QED) is 0.636. The minimum atomic E-state index is -0.937. The normalized spacial score (nSPS) is 21.2. The lowest BCUT2D eigenvalue weighted by Crippen LogP contribution is -2.48. The molecule has 2 aliphatic rings. The van der Waals surface area contributed by atoms with E-state index in [0.29, 0.717) is 6.42 Å². The highest BCUT2D eigenvalue weighted by Crippen LogP contribution is 2.43. The van der Waals surface area contributed by atoms with Crippen molar-refractivity contribution in [3.8, 4) is 10.6 Å². The van der Waals surface area contributed by atoms with Crippen molar-refractivity contribution >= 4 is 29.0 Å². The monoisotopic (exact) mass is 470 g/mol. The van der Waals surface area contributed by atoms with E-state index in [-0.39, 0.29) is 24.0 Å². The van der Waals surface area contributed by atoms with Crippen molar-refractivity contribution in [2.45, 2.75) is 78.0 Å². The van der Waals surface area contributed by atoms with E-state index >= 15 is 0 Å². The van der Waals surface area contributed by atoms with Crippen molar-refractivity contribution in [3.63, 3.8) is 0 Å². The maximum Gasteiger partial charge on any atom is 0.408 e. The summed E-state index contributed by atoms with van der Waals surface area (Å²) in [5.74, 6) is -0.0283. The lowest BCUT2D eigenvalue weighted by Gasteiger charge is -2.43. The van der Waals surface area contributed by atoms with Crippen LogP contribution in [-0.2, 0) is 11.3 Å². The van der Waals surface area contributed by atoms with Crippen LogP contribution < -0.4 is 4.90 Å². The van der Waals surface area contributed by atoms with Crippen LogP contribution >= 0.6 is 11.3 Å². The maximum atomic E-state index is 12.4. The molecular weight excluding hydrogens is 436 g/mol. The molecule has 7 nitrogen and oxygen atoms in total. The van der Waals surface area contributed by atoms with E-state index in [2.05, 4.69) is 4.90 Å². The molecular formula is C25H34N4O3S. The number of carbonyl (C=O) groups excluding carboxylic acids is 1. The topological polar surface area (TPSA) is 77.0 Å². The van der Waals surface area contributed by atoms with Gasteiger partial charge in [-0.1, -0.05) is 6.42 Å². The van der Waals surface area contributed by atoms with Gasteiger partial charge in [-0.25, -0.2) is 9.78 Å². The van der Waals surface area contributed by atoms with Gasteiger partial charge in [0.2, 0.25) is 5.91 Å². The summed E-state index contributed by atoms with van der Waals surface area (Å²) in [4.78, 5) is 36.3. The molecule has 0 saturated carbocycles. The number of nitrogens with zero attached hydrogens (tertiary/aromatic N) is 4. The van der Waals surface area contributed by atoms with Crippen LogP contribution in [0.2, 0.25) is 0 Å². The molecule has 2 aliphatic heterocycles. The van der Waals surface area contributed by atoms with E-state index in [4.69, 9.17) is 4.98 Å². The van der Waals surface area contributed by atoms with E-state index in [9.17, 15) is 14.7 Å². The number of thiazole rings is 1. The standard InChI is InChI=1S/C25H34N4O3S/c1-16(2)28(25(31)32)23-12-17(3)29(18(4)30)22-9-8-19(13-21(22)23)24-26-14-20(33-24)15-27-10-6-5-7-11-27/h8-9,13-14,16-17,23H,5-7,10-12,15H2,1-4H3,(H,31,32)/t17-,23+/m0/s1. The zero-order valence-electron chi connectivity index (χ0n) is 20.0. The van der Waals surface area contributed by atoms with Crippen LogP contribution in [0.1, 0.15) is 69.9 Å². The first-order chi connectivity index (χ1) is 15.8. The van der Waals surface area contributed by atoms with Crippen molar-refractivity contribution in [2.24, 2.45) is 0 Å². The fraction of sp³-hybridized carbons (Fsp3) is 0.560. The second-order valence-electron chi connectivity index (χ2n) is 9.52. The molecule has 1 N–H and O–H groups in total. The molecule has 2 aromatic rings. The average molecular weight is 471 g/mol. The van der Waals surface area contributed by atoms with Crippen LogP contribution in [0.15, 0.2) is 24.4 Å². The van der Waals surface area contributed by atoms with Crippen LogP contribution in [0.25, 0.3) is 10.6 Å². The van der Waals surface area contributed by atoms with Crippen LogP contribution in [0.4, 0.5) is 10.5 Å². The number of piperidine rings is 1. The summed E-state index contributed by atoms with van der Waals surface area (Å²) in [5, 5.41) is 10.9. The van der Waals surface area contributed by atoms with Crippen molar-refractivity contribution in [1.29, 1.82) is 0 Å². The van der Waals surface area contributed by atoms with Gasteiger partial charge in [0.05, 0.1) is 6.04 Å². The molecule has 0 unspecified atom stereocenters. The van der Waals surface area contributed by atoms with Gasteiger partial charge in [0, 0.05) is 47.9 Å². The number of benzene rings is 1. The highest BCUT2D eigenvalue weighted by atomic mass is 32.1. The Bertz CT molecular complexity index is 1010. The Morgan fingerprint density at radius 1 is 1.24 bits per heavy atom. The van der Waals surface area contributed by atoms with E-state index in [1.807, 2.05) is 45.2 Å². The summed E-state index contributed by atoms with van der Waals surface area (Å²) >= 11 is 1.70. The Balaban J connectivity index is 1.69. The highest BCUT2D eigenvalue weighted by Gasteiger charge is 2.38. The molecule has 1 saturated heterocycles. The van der Waals surface area contributed by atoms with Gasteiger partial charge in [-0.15, -0.1) is 11.3 Å². The van der Waals surface area contributed by atoms with Crippen LogP contribution in [0, 0.1) is 0 Å². The number of hydrogen-bond donors (Lipinski definition) is 1. The third-order valence-electron chi connectivity index (χ3n) is 6.73. The molecule has 0 aliphatic carbocycles. The molecule has 8 heteroatoms. The van der Waals surface area contributed by atoms with Crippen molar-refractivity contribution in [3.05, 3.63) is 34.8 Å². The molecule has 2 atom stereocenters. The lowest BCUT2D eigenvalue weighted by atomic mass is 9.88. The first-order valence-corrected chi connectivity index (χ1v) is 12.7. The number of anilines is 1. The summed E-state index contributed by atoms with van der Waals surface area (Å²) in [6.07, 6.45) is 5.44. The summed E-state index contributed by atoms with van der Waals surface area (Å²) in [7, 11) is 0. The molecule has 1 fully saturated rings. The summed E-state index contributed by atoms with van der Waals surface area (Å²) < 4.78 is 0. The number of amides is 2. The number of likely N-dealkylation sites (tertiary alicyclic amines) is 1. The van der Waals surface area contributed by atoms with Gasteiger partial charge in [-0.2, -0.15) is 0 Å². The van der Waals surface area contributed by atoms with Crippen molar-refractivity contribution in [2.75, 3.05) is 18.0 Å². The Morgan fingerprint density at radius 3 is 2.61 bits per heavy atom. The Kier molecular flexibility index (Phi) is 7.05. The lowest BCUT2D eigenvalue weighted by molar-refractivity contribution is -0.117. The molecule has 0 radical (unpaired) electrons. The molecule has 3 heterocycles. The van der Waals surface area contributed by atoms with Gasteiger partial charge < -0.3 is 10.0 Å². The molecule has 0 bridgehead atoms. The van der Waals surface area contributed by atoms with Crippen LogP contribution in [0.3, 0.4) is 0 Å². The second kappa shape index (κ2) is 9.81. The van der Waals surface area contributed by atoms with Gasteiger partial charge in [-0.3, -0.25) is 14.6 Å². The second-order valence-corrected chi connectivity index (χ2v) is 10.6. The Labute approximate surface area is 200 Å². The van der Waals surface area contributed by atoms with Gasteiger partial charge >= 0.3 is 6.09 Å². The molecule has 1 aromatic carbocycles. The fourth-order valence-electron chi connectivity index (χ4n) is 5.28. The van der Waals surface area contributed by atoms with E-state index in [0.717, 1.165) is 41.5 Å². The zero-order chi connectivity index (χ0) is 23.7. The third kappa shape index (κ3) is 4.92. The first kappa shape index (κ1) is 23.7. The minimum Gasteiger partial charge on any atom is -0.465 e. The number of hydrogen-bond acceptors (Lipinski definition) is 5.